The van der Waals surface area contributed by atoms with Gasteiger partial charge in [0, 0.05) is 10.7 Å². The van der Waals surface area contributed by atoms with E-state index in [-0.39, 0.29) is 4.47 Å². The molecule has 0 spiro atoms. The summed E-state index contributed by atoms with van der Waals surface area (Å²) in [4.78, 5) is 3.47. The Labute approximate surface area is 104 Å². The number of hydrogen-bond donors (Lipinski definition) is 0. The van der Waals surface area contributed by atoms with Crippen LogP contribution in [0.2, 0.25) is 0 Å². The molecule has 0 aliphatic heterocycles. The summed E-state index contributed by atoms with van der Waals surface area (Å²) in [5.41, 5.74) is -0.537. The number of hydrogen-bond acceptors (Lipinski definition) is 4. The molecule has 0 amide bonds. The lowest BCUT2D eigenvalue weighted by atomic mass is 10.2. The van der Waals surface area contributed by atoms with Crippen LogP contribution in [0.4, 0.5) is 13.2 Å². The van der Waals surface area contributed by atoms with Gasteiger partial charge < -0.3 is 0 Å². The van der Waals surface area contributed by atoms with Crippen molar-refractivity contribution in [2.24, 2.45) is 0 Å². The lowest BCUT2D eigenvalue weighted by Gasteiger charge is -2.19. The van der Waals surface area contributed by atoms with Crippen LogP contribution in [0.3, 0.4) is 0 Å². The number of aromatic nitrogens is 1. The van der Waals surface area contributed by atoms with Crippen LogP contribution in [0.25, 0.3) is 0 Å². The molecule has 1 unspecified atom stereocenters. The monoisotopic (exact) mass is 333 g/mol. The van der Waals surface area contributed by atoms with Crippen molar-refractivity contribution in [2.45, 2.75) is 12.3 Å². The Morgan fingerprint density at radius 2 is 2.06 bits per heavy atom. The van der Waals surface area contributed by atoms with Crippen LogP contribution in [-0.2, 0) is 14.3 Å². The molecule has 0 aliphatic carbocycles. The standard InChI is InChI=1S/C8H7BrF3NO3S/c1-17(14,15)16-7(8(10,11)12)6-5(9)3-2-4-13-6/h2-4,7H,1H3. The van der Waals surface area contributed by atoms with Crippen LogP contribution in [0, 0.1) is 0 Å². The van der Waals surface area contributed by atoms with Gasteiger partial charge in [-0.25, -0.2) is 0 Å². The fraction of sp³-hybridized carbons (Fsp3) is 0.375. The minimum absolute atomic E-state index is 0.0194. The summed E-state index contributed by atoms with van der Waals surface area (Å²) in [5, 5.41) is 0. The summed E-state index contributed by atoms with van der Waals surface area (Å²) in [6.45, 7) is 0. The minimum Gasteiger partial charge on any atom is -0.257 e. The van der Waals surface area contributed by atoms with E-state index in [9.17, 15) is 21.6 Å². The molecule has 17 heavy (non-hydrogen) atoms. The first-order valence-electron chi connectivity index (χ1n) is 4.16. The van der Waals surface area contributed by atoms with E-state index in [1.165, 1.54) is 12.1 Å². The first-order valence-corrected chi connectivity index (χ1v) is 6.77. The van der Waals surface area contributed by atoms with Crippen molar-refractivity contribution in [3.05, 3.63) is 28.5 Å². The van der Waals surface area contributed by atoms with E-state index in [2.05, 4.69) is 25.1 Å². The Kier molecular flexibility index (Phi) is 4.15. The molecule has 0 aliphatic rings. The van der Waals surface area contributed by atoms with E-state index in [1.54, 1.807) is 0 Å². The second kappa shape index (κ2) is 4.91. The molecular formula is C8H7BrF3NO3S. The maximum Gasteiger partial charge on any atom is 0.421 e. The van der Waals surface area contributed by atoms with Gasteiger partial charge in [-0.15, -0.1) is 0 Å². The molecule has 96 valence electrons. The molecule has 1 heterocycles. The average Bonchev–Trinajstić information content (AvgIpc) is 2.12. The number of pyridine rings is 1. The minimum atomic E-state index is -4.88. The first kappa shape index (κ1) is 14.4. The van der Waals surface area contributed by atoms with Gasteiger partial charge in [0.1, 0.15) is 0 Å². The van der Waals surface area contributed by atoms with Crippen LogP contribution in [0.15, 0.2) is 22.8 Å². The van der Waals surface area contributed by atoms with E-state index < -0.39 is 28.1 Å². The van der Waals surface area contributed by atoms with E-state index in [0.29, 0.717) is 6.26 Å². The van der Waals surface area contributed by atoms with Gasteiger partial charge in [0.25, 0.3) is 10.1 Å². The zero-order valence-electron chi connectivity index (χ0n) is 8.40. The third kappa shape index (κ3) is 4.25. The van der Waals surface area contributed by atoms with E-state index >= 15 is 0 Å². The summed E-state index contributed by atoms with van der Waals surface area (Å²) >= 11 is 2.86. The van der Waals surface area contributed by atoms with Crippen LogP contribution in [0.5, 0.6) is 0 Å². The van der Waals surface area contributed by atoms with Gasteiger partial charge >= 0.3 is 6.18 Å². The van der Waals surface area contributed by atoms with Crippen molar-refractivity contribution in [2.75, 3.05) is 6.26 Å². The fourth-order valence-electron chi connectivity index (χ4n) is 1.02. The summed E-state index contributed by atoms with van der Waals surface area (Å²) in [6, 6.07) is 2.72. The van der Waals surface area contributed by atoms with Crippen LogP contribution < -0.4 is 0 Å². The Morgan fingerprint density at radius 1 is 1.47 bits per heavy atom. The van der Waals surface area contributed by atoms with Crippen LogP contribution in [-0.4, -0.2) is 25.8 Å². The van der Waals surface area contributed by atoms with Crippen molar-refractivity contribution >= 4 is 26.0 Å². The number of rotatable bonds is 3. The quantitative estimate of drug-likeness (QED) is 0.797. The second-order valence-electron chi connectivity index (χ2n) is 3.09. The number of alkyl halides is 3. The molecule has 0 bridgehead atoms. The van der Waals surface area contributed by atoms with Gasteiger partial charge in [-0.3, -0.25) is 9.17 Å². The van der Waals surface area contributed by atoms with Gasteiger partial charge in [-0.1, -0.05) is 0 Å². The summed E-state index contributed by atoms with van der Waals surface area (Å²) in [6.07, 6.45) is -5.83. The first-order chi connectivity index (χ1) is 7.61. The molecular weight excluding hydrogens is 327 g/mol. The van der Waals surface area contributed by atoms with E-state index in [4.69, 9.17) is 0 Å². The molecule has 0 fully saturated rings. The lowest BCUT2D eigenvalue weighted by molar-refractivity contribution is -0.198. The molecule has 1 aromatic heterocycles. The van der Waals surface area contributed by atoms with Crippen molar-refractivity contribution in [3.63, 3.8) is 0 Å². The molecule has 1 rings (SSSR count). The third-order valence-corrected chi connectivity index (χ3v) is 2.82. The Balaban J connectivity index is 3.22. The predicted molar refractivity (Wildman–Crippen MR) is 56.7 cm³/mol. The zero-order chi connectivity index (χ0) is 13.3. The summed E-state index contributed by atoms with van der Waals surface area (Å²) < 4.78 is 63.7. The highest BCUT2D eigenvalue weighted by Gasteiger charge is 2.46. The summed E-state index contributed by atoms with van der Waals surface area (Å²) in [7, 11) is -4.25. The highest BCUT2D eigenvalue weighted by atomic mass is 79.9. The largest absolute Gasteiger partial charge is 0.421 e. The second-order valence-corrected chi connectivity index (χ2v) is 5.55. The van der Waals surface area contributed by atoms with Crippen molar-refractivity contribution in [1.82, 2.24) is 4.98 Å². The van der Waals surface area contributed by atoms with Crippen molar-refractivity contribution in [1.29, 1.82) is 0 Å². The van der Waals surface area contributed by atoms with Gasteiger partial charge in [0.05, 0.1) is 11.9 Å². The summed E-state index contributed by atoms with van der Waals surface area (Å²) in [5.74, 6) is 0. The molecule has 4 nitrogen and oxygen atoms in total. The number of halogens is 4. The van der Waals surface area contributed by atoms with E-state index in [0.717, 1.165) is 6.20 Å². The maximum atomic E-state index is 12.7. The van der Waals surface area contributed by atoms with Gasteiger partial charge in [-0.2, -0.15) is 21.6 Å². The van der Waals surface area contributed by atoms with E-state index in [1.807, 2.05) is 0 Å². The lowest BCUT2D eigenvalue weighted by Crippen LogP contribution is -2.27. The highest BCUT2D eigenvalue weighted by Crippen LogP contribution is 2.38. The topological polar surface area (TPSA) is 56.3 Å². The molecule has 0 N–H and O–H groups in total. The van der Waals surface area contributed by atoms with Gasteiger partial charge in [0.15, 0.2) is 0 Å². The maximum absolute atomic E-state index is 12.7. The van der Waals surface area contributed by atoms with Crippen molar-refractivity contribution in [3.8, 4) is 0 Å². The van der Waals surface area contributed by atoms with Crippen LogP contribution in [0.1, 0.15) is 11.8 Å². The predicted octanol–water partition coefficient (Wildman–Crippen LogP) is 2.42. The molecule has 1 aromatic rings. The SMILES string of the molecule is CS(=O)(=O)OC(c1ncccc1Br)C(F)(F)F. The van der Waals surface area contributed by atoms with Gasteiger partial charge in [0.2, 0.25) is 6.10 Å². The smallest absolute Gasteiger partial charge is 0.257 e. The average molecular weight is 334 g/mol. The van der Waals surface area contributed by atoms with Crippen LogP contribution >= 0.6 is 15.9 Å². The molecule has 0 saturated heterocycles. The molecule has 9 heteroatoms. The van der Waals surface area contributed by atoms with Crippen molar-refractivity contribution < 1.29 is 25.8 Å². The normalized spacial score (nSPS) is 14.6. The Morgan fingerprint density at radius 3 is 2.47 bits per heavy atom. The molecule has 0 aromatic carbocycles. The Hall–Kier alpha value is -0.670. The number of nitrogens with zero attached hydrogens (tertiary/aromatic N) is 1. The molecule has 1 atom stereocenters. The zero-order valence-corrected chi connectivity index (χ0v) is 10.8. The third-order valence-electron chi connectivity index (χ3n) is 1.60. The fourth-order valence-corrected chi connectivity index (χ4v) is 2.03. The molecule has 0 radical (unpaired) electrons. The highest BCUT2D eigenvalue weighted by molar-refractivity contribution is 9.10. The molecule has 0 saturated carbocycles. The Bertz CT molecular complexity index is 503. The van der Waals surface area contributed by atoms with Gasteiger partial charge in [-0.05, 0) is 28.1 Å².